The lowest BCUT2D eigenvalue weighted by Crippen LogP contribution is -2.52. The summed E-state index contributed by atoms with van der Waals surface area (Å²) in [6.45, 7) is 1.79. The number of likely N-dealkylation sites (tertiary alicyclic amines) is 1. The first-order chi connectivity index (χ1) is 15.2. The molecule has 1 aromatic heterocycles. The van der Waals surface area contributed by atoms with Gasteiger partial charge in [-0.05, 0) is 49.4 Å². The fourth-order valence-corrected chi connectivity index (χ4v) is 4.48. The van der Waals surface area contributed by atoms with E-state index in [1.54, 1.807) is 24.4 Å². The number of nitrogens with one attached hydrogen (secondary N) is 1. The zero-order valence-corrected chi connectivity index (χ0v) is 17.9. The van der Waals surface area contributed by atoms with Crippen LogP contribution in [-0.4, -0.2) is 54.5 Å². The van der Waals surface area contributed by atoms with Crippen LogP contribution in [0.3, 0.4) is 0 Å². The monoisotopic (exact) mass is 423 g/mol. The summed E-state index contributed by atoms with van der Waals surface area (Å²) in [7, 11) is 1.52. The zero-order valence-electron chi connectivity index (χ0n) is 17.9. The maximum absolute atomic E-state index is 13.2. The summed E-state index contributed by atoms with van der Waals surface area (Å²) < 4.78 is 11.1. The van der Waals surface area contributed by atoms with Crippen LogP contribution in [0, 0.1) is 5.92 Å². The summed E-state index contributed by atoms with van der Waals surface area (Å²) in [6, 6.07) is 10.9. The molecule has 0 bridgehead atoms. The summed E-state index contributed by atoms with van der Waals surface area (Å²) in [5.41, 5.74) is 1.05. The molecule has 0 saturated carbocycles. The normalized spacial score (nSPS) is 22.0. The highest BCUT2D eigenvalue weighted by atomic mass is 16.5. The number of benzene rings is 1. The molecular weight excluding hydrogens is 394 g/mol. The second-order valence-electron chi connectivity index (χ2n) is 8.13. The number of aromatic nitrogens is 1. The van der Waals surface area contributed by atoms with Gasteiger partial charge in [-0.2, -0.15) is 0 Å². The van der Waals surface area contributed by atoms with Gasteiger partial charge in [0.2, 0.25) is 5.88 Å². The van der Waals surface area contributed by atoms with E-state index in [0.717, 1.165) is 25.7 Å². The smallest absolute Gasteiger partial charge is 0.259 e. The topological polar surface area (TPSA) is 80.8 Å². The van der Waals surface area contributed by atoms with Crippen molar-refractivity contribution in [1.82, 2.24) is 15.2 Å². The third kappa shape index (κ3) is 4.81. The molecule has 0 spiro atoms. The highest BCUT2D eigenvalue weighted by molar-refractivity contribution is 5.97. The number of pyridine rings is 1. The van der Waals surface area contributed by atoms with Crippen LogP contribution in [0.1, 0.15) is 52.8 Å². The van der Waals surface area contributed by atoms with E-state index >= 15 is 0 Å². The molecule has 164 valence electrons. The lowest BCUT2D eigenvalue weighted by molar-refractivity contribution is 0.0601. The van der Waals surface area contributed by atoms with Crippen molar-refractivity contribution in [3.05, 3.63) is 53.7 Å². The van der Waals surface area contributed by atoms with Crippen LogP contribution < -0.4 is 14.8 Å². The first-order valence-electron chi connectivity index (χ1n) is 11.0. The molecule has 2 amide bonds. The second kappa shape index (κ2) is 9.81. The molecule has 7 heteroatoms. The summed E-state index contributed by atoms with van der Waals surface area (Å²) in [4.78, 5) is 32.2. The molecule has 31 heavy (non-hydrogen) atoms. The molecule has 0 radical (unpaired) electrons. The third-order valence-electron chi connectivity index (χ3n) is 6.14. The summed E-state index contributed by atoms with van der Waals surface area (Å²) in [5, 5.41) is 3.22. The van der Waals surface area contributed by atoms with Crippen molar-refractivity contribution in [3.63, 3.8) is 0 Å². The fourth-order valence-electron chi connectivity index (χ4n) is 4.48. The number of methoxy groups -OCH3 is 1. The first-order valence-corrected chi connectivity index (χ1v) is 11.0. The highest BCUT2D eigenvalue weighted by Gasteiger charge is 2.34. The van der Waals surface area contributed by atoms with Gasteiger partial charge in [0.15, 0.2) is 0 Å². The van der Waals surface area contributed by atoms with Crippen LogP contribution in [0.4, 0.5) is 0 Å². The molecule has 3 heterocycles. The number of nitrogens with zero attached hydrogens (tertiary/aromatic N) is 2. The number of para-hydroxylation sites is 1. The predicted molar refractivity (Wildman–Crippen MR) is 116 cm³/mol. The average Bonchev–Trinajstić information content (AvgIpc) is 2.81. The van der Waals surface area contributed by atoms with E-state index in [1.807, 2.05) is 23.1 Å². The number of fused-ring (bicyclic) bond motifs is 2. The Labute approximate surface area is 182 Å². The van der Waals surface area contributed by atoms with Gasteiger partial charge in [-0.15, -0.1) is 0 Å². The minimum atomic E-state index is -0.111. The van der Waals surface area contributed by atoms with Gasteiger partial charge in [-0.25, -0.2) is 4.98 Å². The zero-order chi connectivity index (χ0) is 21.6. The van der Waals surface area contributed by atoms with Crippen molar-refractivity contribution in [1.29, 1.82) is 0 Å². The second-order valence-corrected chi connectivity index (χ2v) is 8.13. The van der Waals surface area contributed by atoms with Crippen molar-refractivity contribution < 1.29 is 19.1 Å². The number of carbonyl (C=O) groups excluding carboxylic acids is 2. The Morgan fingerprint density at radius 2 is 2.03 bits per heavy atom. The minimum Gasteiger partial charge on any atom is -0.493 e. The highest BCUT2D eigenvalue weighted by Crippen LogP contribution is 2.28. The van der Waals surface area contributed by atoms with Crippen LogP contribution in [-0.2, 0) is 0 Å². The molecule has 2 aliphatic heterocycles. The maximum Gasteiger partial charge on any atom is 0.259 e. The molecule has 1 aromatic carbocycles. The molecule has 2 aromatic rings. The number of amides is 2. The first kappa shape index (κ1) is 21.2. The van der Waals surface area contributed by atoms with Crippen molar-refractivity contribution in [3.8, 4) is 11.6 Å². The van der Waals surface area contributed by atoms with Gasteiger partial charge in [0, 0.05) is 25.3 Å². The molecule has 7 nitrogen and oxygen atoms in total. The lowest BCUT2D eigenvalue weighted by Gasteiger charge is -2.39. The Morgan fingerprint density at radius 1 is 1.16 bits per heavy atom. The van der Waals surface area contributed by atoms with E-state index in [9.17, 15) is 9.59 Å². The summed E-state index contributed by atoms with van der Waals surface area (Å²) in [6.07, 6.45) is 6.34. The molecular formula is C24H29N3O4. The molecule has 1 fully saturated rings. The molecule has 1 N–H and O–H groups in total. The van der Waals surface area contributed by atoms with Crippen LogP contribution in [0.15, 0.2) is 42.6 Å². The van der Waals surface area contributed by atoms with Gasteiger partial charge in [0.05, 0.1) is 19.3 Å². The summed E-state index contributed by atoms with van der Waals surface area (Å²) >= 11 is 0. The Balaban J connectivity index is 1.52. The van der Waals surface area contributed by atoms with Crippen LogP contribution >= 0.6 is 0 Å². The number of hydrogen-bond donors (Lipinski definition) is 1. The van der Waals surface area contributed by atoms with Gasteiger partial charge in [-0.3, -0.25) is 9.59 Å². The summed E-state index contributed by atoms with van der Waals surface area (Å²) in [5.74, 6) is 1.00. The molecule has 0 aliphatic carbocycles. The van der Waals surface area contributed by atoms with E-state index in [-0.39, 0.29) is 23.8 Å². The molecule has 0 unspecified atom stereocenters. The van der Waals surface area contributed by atoms with Crippen LogP contribution in [0.2, 0.25) is 0 Å². The minimum absolute atomic E-state index is 0.0276. The Hall–Kier alpha value is -3.09. The van der Waals surface area contributed by atoms with Gasteiger partial charge in [0.25, 0.3) is 11.8 Å². The van der Waals surface area contributed by atoms with Crippen molar-refractivity contribution in [2.24, 2.45) is 5.92 Å². The van der Waals surface area contributed by atoms with Gasteiger partial charge >= 0.3 is 0 Å². The molecule has 2 atom stereocenters. The largest absolute Gasteiger partial charge is 0.493 e. The number of carbonyl (C=O) groups is 2. The van der Waals surface area contributed by atoms with Gasteiger partial charge < -0.3 is 19.7 Å². The van der Waals surface area contributed by atoms with Crippen molar-refractivity contribution in [2.75, 3.05) is 26.8 Å². The average molecular weight is 424 g/mol. The maximum atomic E-state index is 13.2. The van der Waals surface area contributed by atoms with E-state index in [4.69, 9.17) is 9.47 Å². The van der Waals surface area contributed by atoms with Crippen molar-refractivity contribution >= 4 is 11.8 Å². The van der Waals surface area contributed by atoms with E-state index in [0.29, 0.717) is 48.9 Å². The fraction of sp³-hybridized carbons (Fsp3) is 0.458. The molecule has 2 aliphatic rings. The number of rotatable bonds is 2. The predicted octanol–water partition coefficient (Wildman–Crippen LogP) is 3.30. The SMILES string of the molecule is COc1ncccc1C(=O)N1CC[C@H]2NC(=O)c3ccccc3OCCCCC[C@H]2C1. The van der Waals surface area contributed by atoms with E-state index < -0.39 is 0 Å². The van der Waals surface area contributed by atoms with Gasteiger partial charge in [0.1, 0.15) is 11.3 Å². The van der Waals surface area contributed by atoms with Gasteiger partial charge in [-0.1, -0.05) is 25.0 Å². The molecule has 4 rings (SSSR count). The van der Waals surface area contributed by atoms with E-state index in [1.165, 1.54) is 7.11 Å². The Bertz CT molecular complexity index is 933. The van der Waals surface area contributed by atoms with Crippen LogP contribution in [0.25, 0.3) is 0 Å². The quantitative estimate of drug-likeness (QED) is 0.802. The lowest BCUT2D eigenvalue weighted by atomic mass is 9.87. The Kier molecular flexibility index (Phi) is 6.70. The standard InChI is InChI=1S/C24H29N3O4/c1-30-23-19(10-7-13-25-23)24(29)27-14-12-20-17(16-27)8-3-2-6-15-31-21-11-5-4-9-18(21)22(28)26-20/h4-5,7,9-11,13,17,20H,2-3,6,8,12,14-16H2,1H3,(H,26,28)/t17-,20+/m0/s1. The van der Waals surface area contributed by atoms with Crippen molar-refractivity contribution in [2.45, 2.75) is 38.1 Å². The third-order valence-corrected chi connectivity index (χ3v) is 6.14. The Morgan fingerprint density at radius 3 is 2.90 bits per heavy atom. The number of hydrogen-bond acceptors (Lipinski definition) is 5. The number of piperidine rings is 1. The number of ether oxygens (including phenoxy) is 2. The van der Waals surface area contributed by atoms with E-state index in [2.05, 4.69) is 10.3 Å². The van der Waals surface area contributed by atoms with Crippen LogP contribution in [0.5, 0.6) is 11.6 Å². The molecule has 1 saturated heterocycles.